The molecule has 2 aliphatic heterocycles. The van der Waals surface area contributed by atoms with Crippen LogP contribution in [-0.4, -0.2) is 52.9 Å². The van der Waals surface area contributed by atoms with Gasteiger partial charge in [-0.3, -0.25) is 0 Å². The highest BCUT2D eigenvalue weighted by molar-refractivity contribution is 5.93. The first kappa shape index (κ1) is 47.1. The monoisotopic (exact) mass is 879 g/mol. The van der Waals surface area contributed by atoms with E-state index in [0.717, 1.165) is 91.4 Å². The third-order valence-electron chi connectivity index (χ3n) is 13.9. The van der Waals surface area contributed by atoms with E-state index in [9.17, 15) is 0 Å². The normalized spacial score (nSPS) is 15.5. The Kier molecular flexibility index (Phi) is 17.1. The Morgan fingerprint density at radius 1 is 0.424 bits per heavy atom. The second kappa shape index (κ2) is 23.9. The summed E-state index contributed by atoms with van der Waals surface area (Å²) in [6, 6.07) is 57.8. The predicted octanol–water partition coefficient (Wildman–Crippen LogP) is 14.8. The van der Waals surface area contributed by atoms with Crippen LogP contribution in [0.25, 0.3) is 34.4 Å². The lowest BCUT2D eigenvalue weighted by Gasteiger charge is -2.40. The molecule has 342 valence electrons. The molecule has 0 aliphatic carbocycles. The maximum atomic E-state index is 6.02. The first-order valence-corrected chi connectivity index (χ1v) is 24.8. The fourth-order valence-electron chi connectivity index (χ4n) is 9.04. The molecule has 4 nitrogen and oxygen atoms in total. The number of unbranched alkanes of at least 4 members (excludes halogenated alkanes) is 4. The standard InChI is InChI=1S/C62H70O4/c1-3-61(45-65-46-61)43-63-39-15-7-9-17-49-23-35-57(36-24-49)59(55-19-11-5-12-20-55)41-51-27-31-53(32-28-51)54-33-29-52(30-34-54)42-60(56-21-13-6-14-22-56)58-37-25-50(26-38-58)18-10-8-16-40-64-44-62(4-2)47-66-48-62/h5-6,11-14,19-38,41-42H,3-4,7-10,15-18,39-40,43-48H2,1-2H3. The van der Waals surface area contributed by atoms with Gasteiger partial charge in [-0.1, -0.05) is 184 Å². The van der Waals surface area contributed by atoms with Crippen molar-refractivity contribution in [1.82, 2.24) is 0 Å². The number of aryl methyl sites for hydroxylation is 2. The molecule has 2 heterocycles. The van der Waals surface area contributed by atoms with Crippen molar-refractivity contribution in [3.63, 3.8) is 0 Å². The van der Waals surface area contributed by atoms with E-state index in [1.807, 2.05) is 0 Å². The number of ether oxygens (including phenoxy) is 4. The average molecular weight is 879 g/mol. The lowest BCUT2D eigenvalue weighted by molar-refractivity contribution is -0.150. The zero-order valence-electron chi connectivity index (χ0n) is 39.5. The van der Waals surface area contributed by atoms with Crippen LogP contribution in [0.1, 0.15) is 110 Å². The molecule has 0 unspecified atom stereocenters. The zero-order valence-corrected chi connectivity index (χ0v) is 39.5. The van der Waals surface area contributed by atoms with Crippen LogP contribution in [0.5, 0.6) is 0 Å². The van der Waals surface area contributed by atoms with Crippen LogP contribution < -0.4 is 0 Å². The highest BCUT2D eigenvalue weighted by atomic mass is 16.5. The summed E-state index contributed by atoms with van der Waals surface area (Å²) in [4.78, 5) is 0. The summed E-state index contributed by atoms with van der Waals surface area (Å²) in [5.41, 5.74) is 15.5. The van der Waals surface area contributed by atoms with Crippen LogP contribution in [0.3, 0.4) is 0 Å². The largest absolute Gasteiger partial charge is 0.381 e. The van der Waals surface area contributed by atoms with E-state index >= 15 is 0 Å². The molecule has 0 N–H and O–H groups in total. The van der Waals surface area contributed by atoms with Gasteiger partial charge in [-0.25, -0.2) is 0 Å². The summed E-state index contributed by atoms with van der Waals surface area (Å²) in [5, 5.41) is 0. The molecule has 0 spiro atoms. The number of hydrogen-bond acceptors (Lipinski definition) is 4. The van der Waals surface area contributed by atoms with E-state index in [0.29, 0.717) is 0 Å². The molecule has 0 saturated carbocycles. The highest BCUT2D eigenvalue weighted by Gasteiger charge is 2.37. The Morgan fingerprint density at radius 2 is 0.788 bits per heavy atom. The van der Waals surface area contributed by atoms with Gasteiger partial charge in [-0.05, 0) is 130 Å². The van der Waals surface area contributed by atoms with Crippen LogP contribution in [0, 0.1) is 10.8 Å². The van der Waals surface area contributed by atoms with E-state index in [1.165, 1.54) is 92.5 Å². The van der Waals surface area contributed by atoms with Gasteiger partial charge < -0.3 is 18.9 Å². The van der Waals surface area contributed by atoms with Crippen LogP contribution in [-0.2, 0) is 31.8 Å². The van der Waals surface area contributed by atoms with E-state index < -0.39 is 0 Å². The van der Waals surface area contributed by atoms with Gasteiger partial charge in [0.15, 0.2) is 0 Å². The Balaban J connectivity index is 0.866. The predicted molar refractivity (Wildman–Crippen MR) is 275 cm³/mol. The van der Waals surface area contributed by atoms with E-state index in [1.54, 1.807) is 0 Å². The van der Waals surface area contributed by atoms with Crippen molar-refractivity contribution in [2.75, 3.05) is 52.9 Å². The molecule has 0 amide bonds. The van der Waals surface area contributed by atoms with Gasteiger partial charge in [-0.2, -0.15) is 0 Å². The molecular weight excluding hydrogens is 809 g/mol. The quantitative estimate of drug-likeness (QED) is 0.0424. The van der Waals surface area contributed by atoms with Gasteiger partial charge in [0.1, 0.15) is 0 Å². The molecule has 2 saturated heterocycles. The van der Waals surface area contributed by atoms with Crippen molar-refractivity contribution < 1.29 is 18.9 Å². The molecule has 6 aromatic rings. The number of rotatable bonds is 25. The maximum Gasteiger partial charge on any atom is 0.0566 e. The Morgan fingerprint density at radius 3 is 1.12 bits per heavy atom. The molecule has 8 rings (SSSR count). The van der Waals surface area contributed by atoms with Crippen LogP contribution in [0.2, 0.25) is 0 Å². The van der Waals surface area contributed by atoms with Crippen molar-refractivity contribution in [2.24, 2.45) is 10.8 Å². The molecule has 0 radical (unpaired) electrons. The third kappa shape index (κ3) is 13.0. The Hall–Kier alpha value is -5.36. The molecule has 0 aromatic heterocycles. The molecule has 0 bridgehead atoms. The Labute approximate surface area is 395 Å². The van der Waals surface area contributed by atoms with E-state index in [2.05, 4.69) is 184 Å². The third-order valence-corrected chi connectivity index (χ3v) is 13.9. The smallest absolute Gasteiger partial charge is 0.0566 e. The topological polar surface area (TPSA) is 36.9 Å². The lowest BCUT2D eigenvalue weighted by atomic mass is 9.84. The maximum absolute atomic E-state index is 6.02. The zero-order chi connectivity index (χ0) is 45.3. The van der Waals surface area contributed by atoms with E-state index in [-0.39, 0.29) is 10.8 Å². The van der Waals surface area contributed by atoms with E-state index in [4.69, 9.17) is 18.9 Å². The summed E-state index contributed by atoms with van der Waals surface area (Å²) in [7, 11) is 0. The van der Waals surface area contributed by atoms with Gasteiger partial charge >= 0.3 is 0 Å². The van der Waals surface area contributed by atoms with Crippen molar-refractivity contribution in [2.45, 2.75) is 78.1 Å². The summed E-state index contributed by atoms with van der Waals surface area (Å²) in [6.45, 7) is 11.2. The molecule has 4 heteroatoms. The molecular formula is C62H70O4. The SMILES string of the molecule is CCC1(COCCCCCc2ccc(C(=Cc3ccc(-c4ccc(C=C(c5ccccc5)c5ccc(CCCCCOCC6(CC)COC6)cc5)cc4)cc3)c3ccccc3)cc2)COC1. The summed E-state index contributed by atoms with van der Waals surface area (Å²) in [5.74, 6) is 0. The summed E-state index contributed by atoms with van der Waals surface area (Å²) in [6.07, 6.45) is 16.0. The fourth-order valence-corrected chi connectivity index (χ4v) is 9.04. The second-order valence-corrected chi connectivity index (χ2v) is 18.9. The first-order valence-electron chi connectivity index (χ1n) is 24.8. The van der Waals surface area contributed by atoms with Gasteiger partial charge in [-0.15, -0.1) is 0 Å². The second-order valence-electron chi connectivity index (χ2n) is 18.9. The minimum absolute atomic E-state index is 0.273. The lowest BCUT2D eigenvalue weighted by Crippen LogP contribution is -2.45. The van der Waals surface area contributed by atoms with Crippen molar-refractivity contribution in [3.8, 4) is 11.1 Å². The first-order chi connectivity index (χ1) is 32.5. The minimum atomic E-state index is 0.273. The van der Waals surface area contributed by atoms with Gasteiger partial charge in [0.2, 0.25) is 0 Å². The molecule has 66 heavy (non-hydrogen) atoms. The average Bonchev–Trinajstić information content (AvgIpc) is 3.35. The number of benzene rings is 6. The van der Waals surface area contributed by atoms with Crippen LogP contribution >= 0.6 is 0 Å². The van der Waals surface area contributed by atoms with Crippen molar-refractivity contribution in [1.29, 1.82) is 0 Å². The van der Waals surface area contributed by atoms with Crippen molar-refractivity contribution >= 4 is 23.3 Å². The fraction of sp³-hybridized carbons (Fsp3) is 0.355. The van der Waals surface area contributed by atoms with Gasteiger partial charge in [0.05, 0.1) is 39.6 Å². The van der Waals surface area contributed by atoms with Gasteiger partial charge in [0.25, 0.3) is 0 Å². The summed E-state index contributed by atoms with van der Waals surface area (Å²) >= 11 is 0. The van der Waals surface area contributed by atoms with Crippen LogP contribution in [0.4, 0.5) is 0 Å². The molecule has 6 aromatic carbocycles. The molecule has 2 aliphatic rings. The highest BCUT2D eigenvalue weighted by Crippen LogP contribution is 2.34. The van der Waals surface area contributed by atoms with Gasteiger partial charge in [0, 0.05) is 24.0 Å². The molecule has 2 fully saturated rings. The minimum Gasteiger partial charge on any atom is -0.381 e. The number of hydrogen-bond donors (Lipinski definition) is 0. The Bertz CT molecular complexity index is 2220. The van der Waals surface area contributed by atoms with Crippen molar-refractivity contribution in [3.05, 3.63) is 202 Å². The van der Waals surface area contributed by atoms with Crippen LogP contribution in [0.15, 0.2) is 158 Å². The molecule has 0 atom stereocenters. The summed E-state index contributed by atoms with van der Waals surface area (Å²) < 4.78 is 22.9.